The van der Waals surface area contributed by atoms with Crippen LogP contribution in [0.5, 0.6) is 0 Å². The van der Waals surface area contributed by atoms with Crippen molar-refractivity contribution in [2.45, 2.75) is 12.2 Å². The molecule has 1 unspecified atom stereocenters. The SMILES string of the molecule is O=C(Nc1ccccn1)C1=C(F)CC(B(O)O)C=C1. The molecule has 0 aromatic carbocycles. The van der Waals surface area contributed by atoms with Crippen molar-refractivity contribution < 1.29 is 19.2 Å². The number of allylic oxidation sites excluding steroid dienone is 2. The van der Waals surface area contributed by atoms with Gasteiger partial charge in [0.1, 0.15) is 11.6 Å². The van der Waals surface area contributed by atoms with Gasteiger partial charge in [0, 0.05) is 18.4 Å². The van der Waals surface area contributed by atoms with Crippen LogP contribution in [-0.2, 0) is 4.79 Å². The molecule has 7 heteroatoms. The zero-order valence-corrected chi connectivity index (χ0v) is 9.95. The highest BCUT2D eigenvalue weighted by molar-refractivity contribution is 6.44. The van der Waals surface area contributed by atoms with Crippen molar-refractivity contribution in [2.75, 3.05) is 5.32 Å². The summed E-state index contributed by atoms with van der Waals surface area (Å²) >= 11 is 0. The molecular weight excluding hydrogens is 250 g/mol. The predicted molar refractivity (Wildman–Crippen MR) is 68.7 cm³/mol. The molecule has 0 bridgehead atoms. The summed E-state index contributed by atoms with van der Waals surface area (Å²) in [5.74, 6) is -1.69. The molecule has 1 heterocycles. The van der Waals surface area contributed by atoms with E-state index in [1.54, 1.807) is 18.2 Å². The molecule has 1 aliphatic carbocycles. The first-order valence-corrected chi connectivity index (χ1v) is 5.73. The summed E-state index contributed by atoms with van der Waals surface area (Å²) in [6.07, 6.45) is 3.96. The molecule has 1 aliphatic rings. The van der Waals surface area contributed by atoms with E-state index in [0.717, 1.165) is 0 Å². The first-order chi connectivity index (χ1) is 9.08. The fourth-order valence-electron chi connectivity index (χ4n) is 1.72. The number of anilines is 1. The van der Waals surface area contributed by atoms with Crippen LogP contribution >= 0.6 is 0 Å². The van der Waals surface area contributed by atoms with E-state index in [4.69, 9.17) is 10.0 Å². The van der Waals surface area contributed by atoms with Crippen molar-refractivity contribution >= 4 is 18.8 Å². The van der Waals surface area contributed by atoms with Crippen LogP contribution in [0.2, 0.25) is 5.82 Å². The van der Waals surface area contributed by atoms with Crippen LogP contribution in [0.1, 0.15) is 6.42 Å². The van der Waals surface area contributed by atoms with Crippen LogP contribution in [0.15, 0.2) is 47.9 Å². The molecule has 5 nitrogen and oxygen atoms in total. The average Bonchev–Trinajstić information content (AvgIpc) is 2.39. The van der Waals surface area contributed by atoms with E-state index in [0.29, 0.717) is 5.82 Å². The van der Waals surface area contributed by atoms with Crippen LogP contribution < -0.4 is 5.32 Å². The van der Waals surface area contributed by atoms with Crippen molar-refractivity contribution in [3.63, 3.8) is 0 Å². The first-order valence-electron chi connectivity index (χ1n) is 5.73. The van der Waals surface area contributed by atoms with Crippen LogP contribution in [0, 0.1) is 0 Å². The fourth-order valence-corrected chi connectivity index (χ4v) is 1.72. The zero-order valence-electron chi connectivity index (χ0n) is 9.95. The largest absolute Gasteiger partial charge is 0.459 e. The highest BCUT2D eigenvalue weighted by Crippen LogP contribution is 2.29. The number of pyridine rings is 1. The van der Waals surface area contributed by atoms with E-state index in [1.165, 1.54) is 18.3 Å². The third-order valence-corrected chi connectivity index (χ3v) is 2.75. The van der Waals surface area contributed by atoms with E-state index in [2.05, 4.69) is 10.3 Å². The van der Waals surface area contributed by atoms with Crippen molar-refractivity contribution in [3.05, 3.63) is 47.9 Å². The minimum absolute atomic E-state index is 0.123. The second kappa shape index (κ2) is 5.77. The third-order valence-electron chi connectivity index (χ3n) is 2.75. The van der Waals surface area contributed by atoms with Gasteiger partial charge in [-0.3, -0.25) is 4.79 Å². The summed E-state index contributed by atoms with van der Waals surface area (Å²) < 4.78 is 13.7. The number of carbonyl (C=O) groups excluding carboxylic acids is 1. The maximum atomic E-state index is 13.7. The normalized spacial score (nSPS) is 18.4. The number of hydrogen-bond donors (Lipinski definition) is 3. The Bertz CT molecular complexity index is 531. The lowest BCUT2D eigenvalue weighted by molar-refractivity contribution is -0.112. The minimum Gasteiger partial charge on any atom is -0.427 e. The van der Waals surface area contributed by atoms with Crippen molar-refractivity contribution in [3.8, 4) is 0 Å². The first kappa shape index (κ1) is 13.4. The topological polar surface area (TPSA) is 82.5 Å². The van der Waals surface area contributed by atoms with Crippen LogP contribution in [0.25, 0.3) is 0 Å². The molecule has 1 aromatic rings. The lowest BCUT2D eigenvalue weighted by atomic mass is 9.68. The van der Waals surface area contributed by atoms with Crippen molar-refractivity contribution in [1.82, 2.24) is 4.98 Å². The van der Waals surface area contributed by atoms with E-state index < -0.39 is 24.7 Å². The summed E-state index contributed by atoms with van der Waals surface area (Å²) in [6.45, 7) is 0. The Morgan fingerprint density at radius 3 is 2.84 bits per heavy atom. The Balaban J connectivity index is 2.09. The highest BCUT2D eigenvalue weighted by Gasteiger charge is 2.28. The average molecular weight is 262 g/mol. The number of halogens is 1. The Hall–Kier alpha value is -1.99. The number of nitrogens with one attached hydrogen (secondary N) is 1. The second-order valence-electron chi connectivity index (χ2n) is 4.13. The maximum Gasteiger partial charge on any atom is 0.459 e. The number of nitrogens with zero attached hydrogens (tertiary/aromatic N) is 1. The molecule has 19 heavy (non-hydrogen) atoms. The van der Waals surface area contributed by atoms with Gasteiger partial charge in [0.2, 0.25) is 0 Å². The molecule has 1 atom stereocenters. The van der Waals surface area contributed by atoms with Gasteiger partial charge in [-0.1, -0.05) is 18.2 Å². The van der Waals surface area contributed by atoms with Gasteiger partial charge in [-0.05, 0) is 12.1 Å². The Morgan fingerprint density at radius 2 is 2.26 bits per heavy atom. The standard InChI is InChI=1S/C12H12BFN2O3/c14-10-7-8(13(18)19)4-5-9(10)12(17)16-11-3-1-2-6-15-11/h1-6,8,18-19H,7H2,(H,15,16,17). The van der Waals surface area contributed by atoms with E-state index in [-0.39, 0.29) is 12.0 Å². The monoisotopic (exact) mass is 262 g/mol. The highest BCUT2D eigenvalue weighted by atomic mass is 19.1. The molecule has 0 radical (unpaired) electrons. The Morgan fingerprint density at radius 1 is 1.47 bits per heavy atom. The summed E-state index contributed by atoms with van der Waals surface area (Å²) in [4.78, 5) is 15.7. The smallest absolute Gasteiger partial charge is 0.427 e. The number of amides is 1. The molecule has 98 valence electrons. The third kappa shape index (κ3) is 3.27. The van der Waals surface area contributed by atoms with Gasteiger partial charge in [-0.2, -0.15) is 0 Å². The van der Waals surface area contributed by atoms with Gasteiger partial charge in [-0.25, -0.2) is 9.37 Å². The quantitative estimate of drug-likeness (QED) is 0.711. The van der Waals surface area contributed by atoms with Crippen LogP contribution in [-0.4, -0.2) is 28.1 Å². The van der Waals surface area contributed by atoms with Gasteiger partial charge in [0.25, 0.3) is 5.91 Å². The molecule has 3 N–H and O–H groups in total. The molecule has 1 aromatic heterocycles. The number of rotatable bonds is 3. The molecule has 0 fully saturated rings. The Kier molecular flexibility index (Phi) is 4.08. The van der Waals surface area contributed by atoms with E-state index >= 15 is 0 Å². The van der Waals surface area contributed by atoms with Gasteiger partial charge in [0.15, 0.2) is 0 Å². The summed E-state index contributed by atoms with van der Waals surface area (Å²) in [6, 6.07) is 4.98. The molecule has 0 aliphatic heterocycles. The molecule has 2 rings (SSSR count). The molecular formula is C12H12BFN2O3. The summed E-state index contributed by atoms with van der Waals surface area (Å²) in [5, 5.41) is 20.4. The van der Waals surface area contributed by atoms with Crippen molar-refractivity contribution in [2.24, 2.45) is 0 Å². The van der Waals surface area contributed by atoms with Gasteiger partial charge in [-0.15, -0.1) is 0 Å². The zero-order chi connectivity index (χ0) is 13.8. The summed E-state index contributed by atoms with van der Waals surface area (Å²) in [7, 11) is -1.64. The van der Waals surface area contributed by atoms with E-state index in [9.17, 15) is 9.18 Å². The lowest BCUT2D eigenvalue weighted by Crippen LogP contribution is -2.23. The molecule has 0 saturated heterocycles. The number of aromatic nitrogens is 1. The second-order valence-corrected chi connectivity index (χ2v) is 4.13. The van der Waals surface area contributed by atoms with Crippen LogP contribution in [0.3, 0.4) is 0 Å². The molecule has 0 spiro atoms. The van der Waals surface area contributed by atoms with Crippen LogP contribution in [0.4, 0.5) is 10.2 Å². The number of hydrogen-bond acceptors (Lipinski definition) is 4. The van der Waals surface area contributed by atoms with Gasteiger partial charge >= 0.3 is 7.12 Å². The summed E-state index contributed by atoms with van der Waals surface area (Å²) in [5.41, 5.74) is -0.123. The molecule has 0 saturated carbocycles. The minimum atomic E-state index is -1.64. The Labute approximate surface area is 109 Å². The fraction of sp³-hybridized carbons (Fsp3) is 0.167. The van der Waals surface area contributed by atoms with Crippen molar-refractivity contribution in [1.29, 1.82) is 0 Å². The van der Waals surface area contributed by atoms with Gasteiger partial charge < -0.3 is 15.4 Å². The van der Waals surface area contributed by atoms with Gasteiger partial charge in [0.05, 0.1) is 5.57 Å². The maximum absolute atomic E-state index is 13.7. The number of carbonyl (C=O) groups is 1. The predicted octanol–water partition coefficient (Wildman–Crippen LogP) is 1.05. The van der Waals surface area contributed by atoms with E-state index in [1.807, 2.05) is 0 Å². The molecule has 1 amide bonds. The lowest BCUT2D eigenvalue weighted by Gasteiger charge is -2.16.